The lowest BCUT2D eigenvalue weighted by molar-refractivity contribution is -0.135. The van der Waals surface area contributed by atoms with E-state index in [0.717, 1.165) is 78.7 Å². The van der Waals surface area contributed by atoms with Crippen molar-refractivity contribution in [3.05, 3.63) is 46.0 Å². The number of likely N-dealkylation sites (N-methyl/N-ethyl adjacent to an activating group) is 1. The molecule has 7 heteroatoms. The van der Waals surface area contributed by atoms with Gasteiger partial charge in [-0.15, -0.1) is 11.3 Å². The number of piperazine rings is 1. The molecule has 1 aliphatic carbocycles. The molecule has 1 N–H and O–H groups in total. The van der Waals surface area contributed by atoms with Crippen molar-refractivity contribution in [3.8, 4) is 5.75 Å². The number of aryl methyl sites for hydroxylation is 1. The van der Waals surface area contributed by atoms with Crippen LogP contribution in [0.4, 0.5) is 5.13 Å². The maximum atomic E-state index is 11.2. The van der Waals surface area contributed by atoms with E-state index < -0.39 is 5.97 Å². The maximum Gasteiger partial charge on any atom is 0.307 e. The van der Waals surface area contributed by atoms with E-state index in [4.69, 9.17) is 9.72 Å². The summed E-state index contributed by atoms with van der Waals surface area (Å²) < 4.78 is 6.16. The van der Waals surface area contributed by atoms with Crippen LogP contribution in [0.1, 0.15) is 34.5 Å². The van der Waals surface area contributed by atoms with E-state index in [9.17, 15) is 9.90 Å². The third kappa shape index (κ3) is 4.68. The van der Waals surface area contributed by atoms with Crippen LogP contribution in [-0.2, 0) is 17.6 Å². The summed E-state index contributed by atoms with van der Waals surface area (Å²) in [4.78, 5) is 22.1. The Hall–Kier alpha value is -2.38. The number of fused-ring (bicyclic) bond motifs is 1. The zero-order valence-electron chi connectivity index (χ0n) is 17.7. The van der Waals surface area contributed by atoms with Crippen LogP contribution in [0.3, 0.4) is 0 Å². The highest BCUT2D eigenvalue weighted by molar-refractivity contribution is 7.15. The van der Waals surface area contributed by atoms with Crippen LogP contribution in [0.25, 0.3) is 5.57 Å². The minimum absolute atomic E-state index is 0.0591. The first kappa shape index (κ1) is 20.9. The Morgan fingerprint density at radius 2 is 2.07 bits per heavy atom. The second-order valence-electron chi connectivity index (χ2n) is 8.01. The van der Waals surface area contributed by atoms with Crippen molar-refractivity contribution in [2.75, 3.05) is 44.7 Å². The van der Waals surface area contributed by atoms with E-state index in [1.807, 2.05) is 24.3 Å². The van der Waals surface area contributed by atoms with Crippen molar-refractivity contribution >= 4 is 28.0 Å². The normalized spacial score (nSPS) is 16.9. The molecule has 1 saturated heterocycles. The van der Waals surface area contributed by atoms with Gasteiger partial charge in [0.05, 0.1) is 18.7 Å². The fraction of sp³-hybridized carbons (Fsp3) is 0.478. The molecule has 0 atom stereocenters. The van der Waals surface area contributed by atoms with Crippen LogP contribution in [0, 0.1) is 6.92 Å². The molecular formula is C23H29N3O3S. The van der Waals surface area contributed by atoms with Gasteiger partial charge in [0.2, 0.25) is 0 Å². The van der Waals surface area contributed by atoms with E-state index in [1.165, 1.54) is 4.88 Å². The molecule has 0 unspecified atom stereocenters. The van der Waals surface area contributed by atoms with Gasteiger partial charge in [0.15, 0.2) is 5.13 Å². The number of allylic oxidation sites excluding steroid dienone is 1. The minimum Gasteiger partial charge on any atom is -0.493 e. The monoisotopic (exact) mass is 427 g/mol. The number of aliphatic carboxylic acids is 1. The smallest absolute Gasteiger partial charge is 0.307 e. The van der Waals surface area contributed by atoms with Crippen molar-refractivity contribution in [2.24, 2.45) is 0 Å². The third-order valence-corrected chi connectivity index (χ3v) is 6.93. The molecule has 6 nitrogen and oxygen atoms in total. The number of ether oxygens (including phenoxy) is 1. The number of hydrogen-bond donors (Lipinski definition) is 1. The number of nitrogens with zero attached hydrogens (tertiary/aromatic N) is 3. The predicted molar refractivity (Wildman–Crippen MR) is 121 cm³/mol. The summed E-state index contributed by atoms with van der Waals surface area (Å²) in [7, 11) is 2.16. The molecule has 2 heterocycles. The zero-order valence-corrected chi connectivity index (χ0v) is 18.5. The molecule has 1 fully saturated rings. The van der Waals surface area contributed by atoms with Crippen LogP contribution >= 0.6 is 11.3 Å². The Labute approximate surface area is 181 Å². The quantitative estimate of drug-likeness (QED) is 0.728. The Kier molecular flexibility index (Phi) is 6.39. The van der Waals surface area contributed by atoms with Crippen molar-refractivity contribution < 1.29 is 14.6 Å². The number of thiazole rings is 1. The second kappa shape index (κ2) is 9.18. The fourth-order valence-electron chi connectivity index (χ4n) is 4.13. The largest absolute Gasteiger partial charge is 0.493 e. The van der Waals surface area contributed by atoms with E-state index in [-0.39, 0.29) is 6.42 Å². The van der Waals surface area contributed by atoms with E-state index in [2.05, 4.69) is 23.8 Å². The molecule has 0 saturated carbocycles. The Morgan fingerprint density at radius 1 is 1.27 bits per heavy atom. The predicted octanol–water partition coefficient (Wildman–Crippen LogP) is 3.63. The van der Waals surface area contributed by atoms with Gasteiger partial charge < -0.3 is 19.6 Å². The lowest BCUT2D eigenvalue weighted by Crippen LogP contribution is -2.44. The Balaban J connectivity index is 1.40. The highest BCUT2D eigenvalue weighted by Gasteiger charge is 2.20. The van der Waals surface area contributed by atoms with E-state index in [0.29, 0.717) is 6.61 Å². The van der Waals surface area contributed by atoms with Crippen molar-refractivity contribution in [1.29, 1.82) is 0 Å². The Morgan fingerprint density at radius 3 is 2.83 bits per heavy atom. The molecule has 0 bridgehead atoms. The van der Waals surface area contributed by atoms with Gasteiger partial charge in [0.25, 0.3) is 0 Å². The van der Waals surface area contributed by atoms with E-state index in [1.54, 1.807) is 11.3 Å². The van der Waals surface area contributed by atoms with Gasteiger partial charge in [0, 0.05) is 43.0 Å². The molecule has 160 valence electrons. The summed E-state index contributed by atoms with van der Waals surface area (Å²) in [5.74, 6) is 0.0752. The van der Waals surface area contributed by atoms with Crippen LogP contribution in [0.15, 0.2) is 24.3 Å². The van der Waals surface area contributed by atoms with Gasteiger partial charge in [-0.1, -0.05) is 18.2 Å². The number of hydrogen-bond acceptors (Lipinski definition) is 6. The van der Waals surface area contributed by atoms with Crippen molar-refractivity contribution in [3.63, 3.8) is 0 Å². The van der Waals surface area contributed by atoms with Crippen LogP contribution in [0.5, 0.6) is 5.75 Å². The molecule has 1 aromatic heterocycles. The number of carbonyl (C=O) groups is 1. The molecule has 4 rings (SSSR count). The van der Waals surface area contributed by atoms with Crippen molar-refractivity contribution in [2.45, 2.75) is 32.6 Å². The first-order valence-electron chi connectivity index (χ1n) is 10.6. The zero-order chi connectivity index (χ0) is 21.1. The second-order valence-corrected chi connectivity index (χ2v) is 9.19. The van der Waals surface area contributed by atoms with Crippen LogP contribution in [-0.4, -0.2) is 60.8 Å². The van der Waals surface area contributed by atoms with E-state index >= 15 is 0 Å². The van der Waals surface area contributed by atoms with Crippen molar-refractivity contribution in [1.82, 2.24) is 9.88 Å². The summed E-state index contributed by atoms with van der Waals surface area (Å²) in [6, 6.07) is 5.95. The molecule has 0 amide bonds. The minimum atomic E-state index is -0.796. The topological polar surface area (TPSA) is 65.9 Å². The Bertz CT molecular complexity index is 945. The van der Waals surface area contributed by atoms with Gasteiger partial charge in [-0.3, -0.25) is 4.79 Å². The highest BCUT2D eigenvalue weighted by atomic mass is 32.1. The molecule has 0 spiro atoms. The molecule has 0 radical (unpaired) electrons. The van der Waals surface area contributed by atoms with Gasteiger partial charge in [-0.2, -0.15) is 0 Å². The highest BCUT2D eigenvalue weighted by Crippen LogP contribution is 2.35. The maximum absolute atomic E-state index is 11.2. The summed E-state index contributed by atoms with van der Waals surface area (Å²) in [6.07, 6.45) is 4.62. The number of carboxylic acid groups (broad SMARTS) is 1. The molecule has 1 aromatic carbocycles. The number of carboxylic acids is 1. The summed E-state index contributed by atoms with van der Waals surface area (Å²) >= 11 is 1.77. The SMILES string of the molecule is Cc1sc(N2CCN(C)CC2)nc1CCOc1cccc2c1CCC=C2CC(=O)O. The number of benzene rings is 1. The van der Waals surface area contributed by atoms with Gasteiger partial charge >= 0.3 is 5.97 Å². The molecular weight excluding hydrogens is 398 g/mol. The third-order valence-electron chi connectivity index (χ3n) is 5.86. The standard InChI is InChI=1S/C23H29N3O3S/c1-16-20(24-23(30-16)26-12-10-25(2)11-13-26)9-14-29-21-8-4-6-18-17(15-22(27)28)5-3-7-19(18)21/h4-6,8H,3,7,9-15H2,1-2H3,(H,27,28). The average Bonchev–Trinajstić information content (AvgIpc) is 3.09. The van der Waals surface area contributed by atoms with Gasteiger partial charge in [-0.05, 0) is 44.0 Å². The average molecular weight is 428 g/mol. The molecule has 1 aliphatic heterocycles. The summed E-state index contributed by atoms with van der Waals surface area (Å²) in [6.45, 7) is 6.92. The number of anilines is 1. The van der Waals surface area contributed by atoms with Crippen LogP contribution < -0.4 is 9.64 Å². The first-order chi connectivity index (χ1) is 14.5. The molecule has 2 aliphatic rings. The summed E-state index contributed by atoms with van der Waals surface area (Å²) in [5.41, 5.74) is 4.15. The number of aromatic nitrogens is 1. The lowest BCUT2D eigenvalue weighted by Gasteiger charge is -2.32. The fourth-order valence-corrected chi connectivity index (χ4v) is 5.13. The van der Waals surface area contributed by atoms with Gasteiger partial charge in [0.1, 0.15) is 5.75 Å². The first-order valence-corrected chi connectivity index (χ1v) is 11.4. The molecule has 30 heavy (non-hydrogen) atoms. The summed E-state index contributed by atoms with van der Waals surface area (Å²) in [5, 5.41) is 10.3. The van der Waals surface area contributed by atoms with Gasteiger partial charge in [-0.25, -0.2) is 4.98 Å². The van der Waals surface area contributed by atoms with Crippen LogP contribution in [0.2, 0.25) is 0 Å². The lowest BCUT2D eigenvalue weighted by atomic mass is 9.88. The molecule has 2 aromatic rings. The number of rotatable bonds is 7.